The quantitative estimate of drug-likeness (QED) is 0.852. The minimum atomic E-state index is 0.375. The van der Waals surface area contributed by atoms with E-state index in [1.165, 1.54) is 11.1 Å². The molecule has 3 nitrogen and oxygen atoms in total. The van der Waals surface area contributed by atoms with Crippen LogP contribution in [0.3, 0.4) is 0 Å². The zero-order valence-corrected chi connectivity index (χ0v) is 13.2. The van der Waals surface area contributed by atoms with Gasteiger partial charge in [-0.3, -0.25) is 9.69 Å². The monoisotopic (exact) mass is 286 g/mol. The molecule has 0 N–H and O–H groups in total. The van der Waals surface area contributed by atoms with Gasteiger partial charge in [0.1, 0.15) is 0 Å². The van der Waals surface area contributed by atoms with Crippen LogP contribution in [-0.2, 0) is 4.79 Å². The maximum absolute atomic E-state index is 11.9. The van der Waals surface area contributed by atoms with Gasteiger partial charge in [0.05, 0.1) is 0 Å². The summed E-state index contributed by atoms with van der Waals surface area (Å²) in [5, 5.41) is 0. The Morgan fingerprint density at radius 1 is 1.19 bits per heavy atom. The summed E-state index contributed by atoms with van der Waals surface area (Å²) >= 11 is 0. The Kier molecular flexibility index (Phi) is 4.29. The fourth-order valence-corrected chi connectivity index (χ4v) is 3.78. The van der Waals surface area contributed by atoms with Crippen LogP contribution >= 0.6 is 0 Å². The number of hydrogen-bond acceptors (Lipinski definition) is 2. The largest absolute Gasteiger partial charge is 0.340 e. The van der Waals surface area contributed by atoms with Crippen molar-refractivity contribution < 1.29 is 4.79 Å². The summed E-state index contributed by atoms with van der Waals surface area (Å²) in [5.74, 6) is 0.375. The van der Waals surface area contributed by atoms with Gasteiger partial charge in [-0.25, -0.2) is 0 Å². The lowest BCUT2D eigenvalue weighted by atomic mass is 9.98. The molecule has 114 valence electrons. The highest BCUT2D eigenvalue weighted by Gasteiger charge is 2.31. The van der Waals surface area contributed by atoms with E-state index in [9.17, 15) is 4.79 Å². The molecule has 1 amide bonds. The standard InChI is InChI=1S/C18H26N2O/c1-14-5-3-6-16(13-14)15(2)19-11-8-17(9-12-19)20-10-4-7-18(20)21/h3,5-6,13,15,17H,4,7-12H2,1-2H3. The van der Waals surface area contributed by atoms with E-state index < -0.39 is 0 Å². The minimum absolute atomic E-state index is 0.375. The number of benzene rings is 1. The van der Waals surface area contributed by atoms with Gasteiger partial charge in [0, 0.05) is 38.1 Å². The Hall–Kier alpha value is -1.35. The van der Waals surface area contributed by atoms with Crippen molar-refractivity contribution in [2.45, 2.75) is 51.6 Å². The van der Waals surface area contributed by atoms with Crippen molar-refractivity contribution in [3.63, 3.8) is 0 Å². The summed E-state index contributed by atoms with van der Waals surface area (Å²) < 4.78 is 0. The number of likely N-dealkylation sites (tertiary alicyclic amines) is 2. The highest BCUT2D eigenvalue weighted by Crippen LogP contribution is 2.28. The first-order chi connectivity index (χ1) is 10.1. The van der Waals surface area contributed by atoms with E-state index in [-0.39, 0.29) is 0 Å². The molecule has 1 aromatic carbocycles. The van der Waals surface area contributed by atoms with E-state index >= 15 is 0 Å². The number of rotatable bonds is 3. The zero-order valence-electron chi connectivity index (χ0n) is 13.2. The zero-order chi connectivity index (χ0) is 14.8. The van der Waals surface area contributed by atoms with E-state index in [0.29, 0.717) is 18.0 Å². The normalized spacial score (nSPS) is 22.8. The van der Waals surface area contributed by atoms with Gasteiger partial charge >= 0.3 is 0 Å². The molecular weight excluding hydrogens is 260 g/mol. The van der Waals surface area contributed by atoms with Gasteiger partial charge in [0.15, 0.2) is 0 Å². The van der Waals surface area contributed by atoms with Crippen LogP contribution in [0.1, 0.15) is 49.8 Å². The predicted octanol–water partition coefficient (Wildman–Crippen LogP) is 3.14. The molecule has 1 unspecified atom stereocenters. The fraction of sp³-hybridized carbons (Fsp3) is 0.611. The molecule has 2 saturated heterocycles. The molecule has 1 aromatic rings. The Labute approximate surface area is 127 Å². The molecular formula is C18H26N2O. The lowest BCUT2D eigenvalue weighted by Gasteiger charge is -2.39. The molecule has 2 aliphatic rings. The average Bonchev–Trinajstić information content (AvgIpc) is 2.93. The Morgan fingerprint density at radius 3 is 2.57 bits per heavy atom. The topological polar surface area (TPSA) is 23.6 Å². The molecule has 2 fully saturated rings. The molecule has 3 rings (SSSR count). The van der Waals surface area contributed by atoms with Crippen LogP contribution < -0.4 is 0 Å². The molecule has 0 aromatic heterocycles. The third-order valence-corrected chi connectivity index (χ3v) is 5.12. The van der Waals surface area contributed by atoms with Crippen molar-refractivity contribution >= 4 is 5.91 Å². The second kappa shape index (κ2) is 6.18. The Balaban J connectivity index is 1.59. The molecule has 2 heterocycles. The van der Waals surface area contributed by atoms with E-state index in [1.54, 1.807) is 0 Å². The van der Waals surface area contributed by atoms with Crippen molar-refractivity contribution in [1.82, 2.24) is 9.80 Å². The van der Waals surface area contributed by atoms with Gasteiger partial charge in [-0.2, -0.15) is 0 Å². The van der Waals surface area contributed by atoms with E-state index in [2.05, 4.69) is 47.9 Å². The van der Waals surface area contributed by atoms with Gasteiger partial charge in [0.2, 0.25) is 5.91 Å². The van der Waals surface area contributed by atoms with Crippen LogP contribution in [-0.4, -0.2) is 41.4 Å². The summed E-state index contributed by atoms with van der Waals surface area (Å²) in [6, 6.07) is 9.79. The lowest BCUT2D eigenvalue weighted by Crippen LogP contribution is -2.45. The first-order valence-corrected chi connectivity index (χ1v) is 8.25. The number of nitrogens with zero attached hydrogens (tertiary/aromatic N) is 2. The van der Waals surface area contributed by atoms with Crippen LogP contribution in [0.5, 0.6) is 0 Å². The molecule has 2 aliphatic heterocycles. The molecule has 0 aliphatic carbocycles. The number of carbonyl (C=O) groups is 1. The second-order valence-corrected chi connectivity index (χ2v) is 6.55. The number of aryl methyl sites for hydroxylation is 1. The number of piperidine rings is 1. The summed E-state index contributed by atoms with van der Waals surface area (Å²) in [6.45, 7) is 7.64. The van der Waals surface area contributed by atoms with Crippen LogP contribution in [0.2, 0.25) is 0 Å². The molecule has 0 spiro atoms. The Bertz CT molecular complexity index is 506. The first-order valence-electron chi connectivity index (χ1n) is 8.25. The van der Waals surface area contributed by atoms with E-state index in [1.807, 2.05) is 0 Å². The van der Waals surface area contributed by atoms with Crippen molar-refractivity contribution in [3.05, 3.63) is 35.4 Å². The highest BCUT2D eigenvalue weighted by atomic mass is 16.2. The number of hydrogen-bond donors (Lipinski definition) is 0. The average molecular weight is 286 g/mol. The SMILES string of the molecule is Cc1cccc(C(C)N2CCC(N3CCCC3=O)CC2)c1. The molecule has 0 bridgehead atoms. The molecule has 1 atom stereocenters. The summed E-state index contributed by atoms with van der Waals surface area (Å²) in [7, 11) is 0. The van der Waals surface area contributed by atoms with E-state index in [4.69, 9.17) is 0 Å². The van der Waals surface area contributed by atoms with Crippen LogP contribution in [0.25, 0.3) is 0 Å². The van der Waals surface area contributed by atoms with Gasteiger partial charge < -0.3 is 4.90 Å². The van der Waals surface area contributed by atoms with Crippen molar-refractivity contribution in [3.8, 4) is 0 Å². The van der Waals surface area contributed by atoms with Gasteiger partial charge in [0.25, 0.3) is 0 Å². The number of carbonyl (C=O) groups excluding carboxylic acids is 1. The second-order valence-electron chi connectivity index (χ2n) is 6.55. The van der Waals surface area contributed by atoms with Gasteiger partial charge in [-0.15, -0.1) is 0 Å². The van der Waals surface area contributed by atoms with Crippen molar-refractivity contribution in [1.29, 1.82) is 0 Å². The summed E-state index contributed by atoms with van der Waals surface area (Å²) in [6.07, 6.45) is 4.07. The summed E-state index contributed by atoms with van der Waals surface area (Å²) in [5.41, 5.74) is 2.74. The molecule has 0 saturated carbocycles. The first kappa shape index (κ1) is 14.6. The van der Waals surface area contributed by atoms with Crippen LogP contribution in [0, 0.1) is 6.92 Å². The predicted molar refractivity (Wildman–Crippen MR) is 85.1 cm³/mol. The smallest absolute Gasteiger partial charge is 0.222 e. The van der Waals surface area contributed by atoms with Crippen molar-refractivity contribution in [2.75, 3.05) is 19.6 Å². The maximum Gasteiger partial charge on any atom is 0.222 e. The summed E-state index contributed by atoms with van der Waals surface area (Å²) in [4.78, 5) is 16.6. The Morgan fingerprint density at radius 2 is 1.95 bits per heavy atom. The van der Waals surface area contributed by atoms with Crippen LogP contribution in [0.4, 0.5) is 0 Å². The van der Waals surface area contributed by atoms with Crippen molar-refractivity contribution in [2.24, 2.45) is 0 Å². The number of amides is 1. The maximum atomic E-state index is 11.9. The third-order valence-electron chi connectivity index (χ3n) is 5.12. The third kappa shape index (κ3) is 3.13. The van der Waals surface area contributed by atoms with E-state index in [0.717, 1.165) is 45.3 Å². The fourth-order valence-electron chi connectivity index (χ4n) is 3.78. The highest BCUT2D eigenvalue weighted by molar-refractivity contribution is 5.78. The molecule has 0 radical (unpaired) electrons. The van der Waals surface area contributed by atoms with Gasteiger partial charge in [-0.1, -0.05) is 29.8 Å². The minimum Gasteiger partial charge on any atom is -0.340 e. The molecule has 3 heteroatoms. The van der Waals surface area contributed by atoms with Crippen LogP contribution in [0.15, 0.2) is 24.3 Å². The molecule has 21 heavy (non-hydrogen) atoms. The van der Waals surface area contributed by atoms with Gasteiger partial charge in [-0.05, 0) is 38.7 Å². The lowest BCUT2D eigenvalue weighted by molar-refractivity contribution is -0.130.